The van der Waals surface area contributed by atoms with E-state index in [9.17, 15) is 9.59 Å². The van der Waals surface area contributed by atoms with Crippen LogP contribution >= 0.6 is 23.2 Å². The number of hydrogen-bond donors (Lipinski definition) is 0. The monoisotopic (exact) mass is 508 g/mol. The van der Waals surface area contributed by atoms with Gasteiger partial charge < -0.3 is 0 Å². The van der Waals surface area contributed by atoms with Crippen molar-refractivity contribution in [2.24, 2.45) is 0 Å². The molecule has 3 heterocycles. The number of hydrogen-bond acceptors (Lipinski definition) is 4. The second-order valence-corrected chi connectivity index (χ2v) is 9.38. The quantitative estimate of drug-likeness (QED) is 0.245. The van der Waals surface area contributed by atoms with Crippen molar-refractivity contribution in [1.29, 1.82) is 0 Å². The first kappa shape index (κ1) is 21.1. The molecule has 0 amide bonds. The minimum Gasteiger partial charge on any atom is -0.268 e. The molecule has 0 aliphatic carbocycles. The molecule has 0 unspecified atom stereocenters. The summed E-state index contributed by atoms with van der Waals surface area (Å²) >= 11 is 12.5. The topological polar surface area (TPSA) is 68.7 Å². The molecular weight excluding hydrogens is 495 g/mol. The Kier molecular flexibility index (Phi) is 4.46. The van der Waals surface area contributed by atoms with E-state index in [2.05, 4.69) is 0 Å². The lowest BCUT2D eigenvalue weighted by molar-refractivity contribution is 1.11. The summed E-state index contributed by atoms with van der Waals surface area (Å²) < 4.78 is 3.16. The molecule has 0 spiro atoms. The van der Waals surface area contributed by atoms with Crippen molar-refractivity contribution in [1.82, 2.24) is 18.8 Å². The molecule has 4 aromatic carbocycles. The van der Waals surface area contributed by atoms with E-state index in [4.69, 9.17) is 33.2 Å². The number of aromatic nitrogens is 4. The maximum absolute atomic E-state index is 14.0. The van der Waals surface area contributed by atoms with Gasteiger partial charge in [0, 0.05) is 20.8 Å². The van der Waals surface area contributed by atoms with Crippen LogP contribution in [0.1, 0.15) is 0 Å². The van der Waals surface area contributed by atoms with E-state index in [1.54, 1.807) is 45.2 Å². The van der Waals surface area contributed by atoms with Crippen molar-refractivity contribution >= 4 is 78.1 Å². The van der Waals surface area contributed by atoms with Crippen molar-refractivity contribution in [2.75, 3.05) is 0 Å². The third-order valence-corrected chi connectivity index (χ3v) is 6.90. The van der Waals surface area contributed by atoms with E-state index < -0.39 is 0 Å². The van der Waals surface area contributed by atoms with Crippen LogP contribution in [0.15, 0.2) is 94.5 Å². The van der Waals surface area contributed by atoms with Crippen LogP contribution in [0, 0.1) is 0 Å². The van der Waals surface area contributed by atoms with Gasteiger partial charge in [0.15, 0.2) is 0 Å². The van der Waals surface area contributed by atoms with Gasteiger partial charge in [-0.2, -0.15) is 0 Å². The standard InChI is InChI=1S/C28H14Cl2N4O2/c29-15-9-11-21-19(13-15)28(36)34-24-8-4-2-6-18(24)26-32-22-12-10-16(30)14-20(22)27(35)33(26)23-7-3-1-5-17(23)25(34)31-21/h1-14H. The van der Waals surface area contributed by atoms with Crippen molar-refractivity contribution in [3.63, 3.8) is 0 Å². The Morgan fingerprint density at radius 3 is 1.39 bits per heavy atom. The molecule has 172 valence electrons. The number of nitrogens with zero attached hydrogens (tertiary/aromatic N) is 4. The van der Waals surface area contributed by atoms with Crippen molar-refractivity contribution in [3.05, 3.63) is 116 Å². The molecule has 0 aliphatic heterocycles. The van der Waals surface area contributed by atoms with E-state index in [1.807, 2.05) is 48.5 Å². The second kappa shape index (κ2) is 7.62. The van der Waals surface area contributed by atoms with E-state index in [1.165, 1.54) is 0 Å². The molecule has 36 heavy (non-hydrogen) atoms. The van der Waals surface area contributed by atoms with Crippen LogP contribution in [0.4, 0.5) is 0 Å². The van der Waals surface area contributed by atoms with E-state index in [-0.39, 0.29) is 11.1 Å². The summed E-state index contributed by atoms with van der Waals surface area (Å²) in [5, 5.41) is 2.94. The number of para-hydroxylation sites is 2. The van der Waals surface area contributed by atoms with Gasteiger partial charge in [0.25, 0.3) is 11.1 Å². The highest BCUT2D eigenvalue weighted by atomic mass is 35.5. The molecule has 8 heteroatoms. The van der Waals surface area contributed by atoms with Gasteiger partial charge in [-0.15, -0.1) is 0 Å². The Morgan fingerprint density at radius 2 is 0.944 bits per heavy atom. The van der Waals surface area contributed by atoms with Gasteiger partial charge in [-0.1, -0.05) is 47.5 Å². The number of benzene rings is 4. The lowest BCUT2D eigenvalue weighted by Crippen LogP contribution is -2.19. The molecule has 0 bridgehead atoms. The average molecular weight is 509 g/mol. The normalized spacial score (nSPS) is 11.8. The predicted molar refractivity (Wildman–Crippen MR) is 145 cm³/mol. The van der Waals surface area contributed by atoms with E-state index in [0.29, 0.717) is 65.0 Å². The molecule has 0 saturated carbocycles. The Bertz CT molecular complexity index is 2080. The Hall–Kier alpha value is -4.26. The number of fused-ring (bicyclic) bond motifs is 10. The largest absolute Gasteiger partial charge is 0.268 e. The fourth-order valence-corrected chi connectivity index (χ4v) is 5.18. The Morgan fingerprint density at radius 1 is 0.528 bits per heavy atom. The molecule has 0 aliphatic rings. The lowest BCUT2D eigenvalue weighted by Gasteiger charge is -2.12. The van der Waals surface area contributed by atoms with Gasteiger partial charge in [-0.3, -0.25) is 18.4 Å². The first-order valence-corrected chi connectivity index (χ1v) is 11.9. The second-order valence-electron chi connectivity index (χ2n) is 8.51. The first-order valence-electron chi connectivity index (χ1n) is 11.2. The highest BCUT2D eigenvalue weighted by molar-refractivity contribution is 6.31. The molecule has 7 rings (SSSR count). The van der Waals surface area contributed by atoms with Crippen LogP contribution in [0.3, 0.4) is 0 Å². The highest BCUT2D eigenvalue weighted by Gasteiger charge is 2.16. The van der Waals surface area contributed by atoms with Gasteiger partial charge in [0.2, 0.25) is 0 Å². The maximum atomic E-state index is 14.0. The molecule has 0 fully saturated rings. The van der Waals surface area contributed by atoms with Gasteiger partial charge in [0.05, 0.1) is 32.8 Å². The van der Waals surface area contributed by atoms with Crippen LogP contribution in [-0.2, 0) is 0 Å². The van der Waals surface area contributed by atoms with Crippen LogP contribution in [0.5, 0.6) is 0 Å². The van der Waals surface area contributed by atoms with Crippen molar-refractivity contribution < 1.29 is 0 Å². The third-order valence-electron chi connectivity index (χ3n) is 6.43. The van der Waals surface area contributed by atoms with Gasteiger partial charge in [0.1, 0.15) is 11.3 Å². The van der Waals surface area contributed by atoms with Gasteiger partial charge in [-0.05, 0) is 60.7 Å². The molecule has 0 radical (unpaired) electrons. The molecule has 0 saturated heterocycles. The van der Waals surface area contributed by atoms with Crippen LogP contribution in [0.2, 0.25) is 10.0 Å². The van der Waals surface area contributed by atoms with E-state index >= 15 is 0 Å². The summed E-state index contributed by atoms with van der Waals surface area (Å²) in [5.74, 6) is 0. The average Bonchev–Trinajstić information content (AvgIpc) is 2.89. The number of halogens is 2. The van der Waals surface area contributed by atoms with Crippen LogP contribution in [0.25, 0.3) is 54.9 Å². The molecule has 7 aromatic rings. The Labute approximate surface area is 212 Å². The minimum absolute atomic E-state index is 0.261. The summed E-state index contributed by atoms with van der Waals surface area (Å²) in [5.41, 5.74) is 2.47. The molecule has 3 aromatic heterocycles. The van der Waals surface area contributed by atoms with Gasteiger partial charge in [-0.25, -0.2) is 9.97 Å². The summed E-state index contributed by atoms with van der Waals surface area (Å²) in [6.07, 6.45) is 0. The zero-order valence-electron chi connectivity index (χ0n) is 18.4. The fraction of sp³-hybridized carbons (Fsp3) is 0. The summed E-state index contributed by atoms with van der Waals surface area (Å²) in [7, 11) is 0. The molecule has 0 N–H and O–H groups in total. The minimum atomic E-state index is -0.261. The number of rotatable bonds is 0. The lowest BCUT2D eigenvalue weighted by atomic mass is 10.1. The van der Waals surface area contributed by atoms with Crippen molar-refractivity contribution in [3.8, 4) is 0 Å². The molecule has 0 atom stereocenters. The first-order chi connectivity index (χ1) is 17.5. The zero-order valence-corrected chi connectivity index (χ0v) is 20.0. The smallest absolute Gasteiger partial charge is 0.266 e. The zero-order chi connectivity index (χ0) is 24.6. The van der Waals surface area contributed by atoms with Gasteiger partial charge >= 0.3 is 0 Å². The molecular formula is C28H14Cl2N4O2. The summed E-state index contributed by atoms with van der Waals surface area (Å²) in [6, 6.07) is 24.9. The van der Waals surface area contributed by atoms with Crippen molar-refractivity contribution in [2.45, 2.75) is 0 Å². The summed E-state index contributed by atoms with van der Waals surface area (Å²) in [6.45, 7) is 0. The highest BCUT2D eigenvalue weighted by Crippen LogP contribution is 2.26. The third kappa shape index (κ3) is 2.92. The fourth-order valence-electron chi connectivity index (χ4n) is 4.84. The Balaban J connectivity index is 1.94. The maximum Gasteiger partial charge on any atom is 0.266 e. The summed E-state index contributed by atoms with van der Waals surface area (Å²) in [4.78, 5) is 37.7. The molecule has 6 nitrogen and oxygen atoms in total. The SMILES string of the molecule is O=c1c2cc(Cl)ccc2nc2c3ccccc3n3c(=O)c4cc(Cl)ccc4nc3c3ccccc3n12. The van der Waals surface area contributed by atoms with E-state index in [0.717, 1.165) is 0 Å². The van der Waals surface area contributed by atoms with Crippen LogP contribution < -0.4 is 11.1 Å². The predicted octanol–water partition coefficient (Wildman–Crippen LogP) is 6.18. The van der Waals surface area contributed by atoms with Crippen LogP contribution in [-0.4, -0.2) is 18.8 Å².